The number of morpholine rings is 1. The minimum atomic E-state index is -1.17. The molecule has 7 heteroatoms. The number of hydrogen-bond donors (Lipinski definition) is 1. The van der Waals surface area contributed by atoms with Crippen molar-refractivity contribution >= 4 is 6.09 Å². The summed E-state index contributed by atoms with van der Waals surface area (Å²) in [6.45, 7) is 0.910. The third-order valence-corrected chi connectivity index (χ3v) is 7.96. The number of carbonyl (C=O) groups is 1. The summed E-state index contributed by atoms with van der Waals surface area (Å²) in [6.07, 6.45) is 0.241. The Morgan fingerprint density at radius 3 is 2.27 bits per heavy atom. The van der Waals surface area contributed by atoms with Gasteiger partial charge in [0.25, 0.3) is 0 Å². The molecule has 1 N–H and O–H groups in total. The number of methoxy groups -OCH3 is 1. The summed E-state index contributed by atoms with van der Waals surface area (Å²) in [7, 11) is 1.51. The van der Waals surface area contributed by atoms with Gasteiger partial charge in [0.1, 0.15) is 18.4 Å². The Morgan fingerprint density at radius 2 is 1.68 bits per heavy atom. The summed E-state index contributed by atoms with van der Waals surface area (Å²) in [5.74, 6) is 0.411. The number of hydrogen-bond acceptors (Lipinski definition) is 6. The van der Waals surface area contributed by atoms with E-state index in [1.807, 2.05) is 24.3 Å². The van der Waals surface area contributed by atoms with E-state index in [1.54, 1.807) is 23.1 Å². The van der Waals surface area contributed by atoms with Gasteiger partial charge in [-0.3, -0.25) is 4.90 Å². The van der Waals surface area contributed by atoms with E-state index < -0.39 is 5.60 Å². The first-order valence-electron chi connectivity index (χ1n) is 12.5. The van der Waals surface area contributed by atoms with Crippen molar-refractivity contribution in [3.05, 3.63) is 89.0 Å². The van der Waals surface area contributed by atoms with E-state index in [4.69, 9.17) is 14.2 Å². The van der Waals surface area contributed by atoms with Gasteiger partial charge in [0.2, 0.25) is 0 Å². The summed E-state index contributed by atoms with van der Waals surface area (Å²) in [5, 5.41) is 21.0. The lowest BCUT2D eigenvalue weighted by Gasteiger charge is -2.51. The van der Waals surface area contributed by atoms with Crippen LogP contribution >= 0.6 is 0 Å². The van der Waals surface area contributed by atoms with Crippen LogP contribution in [0.1, 0.15) is 41.0 Å². The van der Waals surface area contributed by atoms with Crippen LogP contribution in [0.5, 0.6) is 5.75 Å². The first-order valence-corrected chi connectivity index (χ1v) is 12.5. The maximum absolute atomic E-state index is 13.4. The minimum Gasteiger partial charge on any atom is -0.495 e. The van der Waals surface area contributed by atoms with Gasteiger partial charge in [-0.1, -0.05) is 54.6 Å². The Kier molecular flexibility index (Phi) is 5.86. The molecular weight excluding hydrogens is 468 g/mol. The maximum Gasteiger partial charge on any atom is 0.410 e. The van der Waals surface area contributed by atoms with Crippen molar-refractivity contribution in [2.24, 2.45) is 0 Å². The quantitative estimate of drug-likeness (QED) is 0.569. The summed E-state index contributed by atoms with van der Waals surface area (Å²) < 4.78 is 17.1. The highest BCUT2D eigenvalue weighted by molar-refractivity contribution is 5.79. The Hall–Kier alpha value is -3.86. The summed E-state index contributed by atoms with van der Waals surface area (Å²) in [6, 6.07) is 23.1. The smallest absolute Gasteiger partial charge is 0.410 e. The molecule has 3 aliphatic rings. The highest BCUT2D eigenvalue weighted by Gasteiger charge is 2.49. The number of nitrogens with zero attached hydrogens (tertiary/aromatic N) is 2. The topological polar surface area (TPSA) is 92.0 Å². The zero-order valence-electron chi connectivity index (χ0n) is 20.6. The number of fused-ring (bicyclic) bond motifs is 5. The van der Waals surface area contributed by atoms with Crippen LogP contribution in [0.15, 0.2) is 66.7 Å². The van der Waals surface area contributed by atoms with E-state index in [2.05, 4.69) is 30.3 Å². The number of ether oxygens (including phenoxy) is 3. The molecule has 0 saturated carbocycles. The van der Waals surface area contributed by atoms with E-state index in [0.29, 0.717) is 42.9 Å². The molecule has 3 aromatic carbocycles. The summed E-state index contributed by atoms with van der Waals surface area (Å²) in [4.78, 5) is 15.2. The van der Waals surface area contributed by atoms with E-state index in [-0.39, 0.29) is 30.7 Å². The lowest BCUT2D eigenvalue weighted by molar-refractivity contribution is -0.136. The van der Waals surface area contributed by atoms with E-state index in [0.717, 1.165) is 0 Å². The van der Waals surface area contributed by atoms with Crippen molar-refractivity contribution in [1.82, 2.24) is 4.90 Å². The van der Waals surface area contributed by atoms with Crippen molar-refractivity contribution in [1.29, 1.82) is 5.26 Å². The number of benzene rings is 3. The third-order valence-electron chi connectivity index (χ3n) is 7.96. The van der Waals surface area contributed by atoms with Gasteiger partial charge in [-0.15, -0.1) is 0 Å². The molecule has 37 heavy (non-hydrogen) atoms. The summed E-state index contributed by atoms with van der Waals surface area (Å²) >= 11 is 0. The fraction of sp³-hybridized carbons (Fsp3) is 0.333. The van der Waals surface area contributed by atoms with Crippen LogP contribution in [-0.2, 0) is 15.1 Å². The molecule has 188 valence electrons. The van der Waals surface area contributed by atoms with Crippen LogP contribution in [0.2, 0.25) is 0 Å². The second-order valence-corrected chi connectivity index (χ2v) is 10.0. The molecule has 2 unspecified atom stereocenters. The largest absolute Gasteiger partial charge is 0.495 e. The van der Waals surface area contributed by atoms with Crippen molar-refractivity contribution in [2.45, 2.75) is 36.4 Å². The molecule has 6 rings (SSSR count). The standard InChI is InChI=1S/C30H28N2O5/c1-35-28-12-20(11-10-19(28)15-31)30(34)13-21-16-36-17-22(14-30)32(21)29(33)37-18-27-25-8-4-2-6-23(25)24-7-3-5-9-26(24)27/h2-12,21-22,27,34H,13-14,16-18H2,1H3. The van der Waals surface area contributed by atoms with E-state index in [1.165, 1.54) is 29.4 Å². The number of piperidine rings is 1. The van der Waals surface area contributed by atoms with Gasteiger partial charge in [0.15, 0.2) is 0 Å². The van der Waals surface area contributed by atoms with Crippen molar-refractivity contribution < 1.29 is 24.1 Å². The van der Waals surface area contributed by atoms with Gasteiger partial charge < -0.3 is 19.3 Å². The van der Waals surface area contributed by atoms with Gasteiger partial charge in [0.05, 0.1) is 43.6 Å². The normalized spacial score (nSPS) is 24.1. The lowest BCUT2D eigenvalue weighted by atomic mass is 9.76. The van der Waals surface area contributed by atoms with Crippen LogP contribution in [0.3, 0.4) is 0 Å². The monoisotopic (exact) mass is 496 g/mol. The number of carbonyl (C=O) groups excluding carboxylic acids is 1. The first kappa shape index (κ1) is 23.5. The number of amides is 1. The molecule has 2 aliphatic heterocycles. The van der Waals surface area contributed by atoms with Crippen LogP contribution in [0.4, 0.5) is 4.79 Å². The highest BCUT2D eigenvalue weighted by Crippen LogP contribution is 2.45. The Labute approximate surface area is 215 Å². The van der Waals surface area contributed by atoms with Gasteiger partial charge in [0, 0.05) is 18.8 Å². The molecule has 2 atom stereocenters. The van der Waals surface area contributed by atoms with Crippen LogP contribution < -0.4 is 4.74 Å². The third kappa shape index (κ3) is 3.93. The Balaban J connectivity index is 1.21. The predicted octanol–water partition coefficient (Wildman–Crippen LogP) is 4.57. The van der Waals surface area contributed by atoms with Crippen molar-refractivity contribution in [3.8, 4) is 22.9 Å². The fourth-order valence-corrected chi connectivity index (χ4v) is 6.25. The molecule has 1 amide bonds. The number of nitriles is 1. The zero-order valence-corrected chi connectivity index (χ0v) is 20.6. The number of rotatable bonds is 4. The molecule has 7 nitrogen and oxygen atoms in total. The lowest BCUT2D eigenvalue weighted by Crippen LogP contribution is -2.62. The van der Waals surface area contributed by atoms with Gasteiger partial charge in [-0.2, -0.15) is 5.26 Å². The second-order valence-electron chi connectivity index (χ2n) is 10.0. The Bertz CT molecular complexity index is 1340. The maximum atomic E-state index is 13.4. The average molecular weight is 497 g/mol. The molecular formula is C30H28N2O5. The van der Waals surface area contributed by atoms with Gasteiger partial charge >= 0.3 is 6.09 Å². The molecule has 1 aliphatic carbocycles. The van der Waals surface area contributed by atoms with Crippen molar-refractivity contribution in [3.63, 3.8) is 0 Å². The molecule has 0 aromatic heterocycles. The molecule has 2 fully saturated rings. The second kappa shape index (κ2) is 9.22. The van der Waals surface area contributed by atoms with Crippen LogP contribution in [-0.4, -0.2) is 55.1 Å². The van der Waals surface area contributed by atoms with E-state index >= 15 is 0 Å². The average Bonchev–Trinajstić information content (AvgIpc) is 3.24. The molecule has 2 saturated heterocycles. The molecule has 2 heterocycles. The zero-order chi connectivity index (χ0) is 25.6. The first-order chi connectivity index (χ1) is 18.0. The van der Waals surface area contributed by atoms with E-state index in [9.17, 15) is 15.2 Å². The fourth-order valence-electron chi connectivity index (χ4n) is 6.25. The predicted molar refractivity (Wildman–Crippen MR) is 136 cm³/mol. The number of aliphatic hydroxyl groups is 1. The SMILES string of the molecule is COc1cc(C2(O)CC3COCC(C2)N3C(=O)OCC2c3ccccc3-c3ccccc32)ccc1C#N. The molecule has 3 aromatic rings. The molecule has 2 bridgehead atoms. The molecule has 0 spiro atoms. The Morgan fingerprint density at radius 1 is 1.05 bits per heavy atom. The van der Waals surface area contributed by atoms with Crippen molar-refractivity contribution in [2.75, 3.05) is 26.9 Å². The van der Waals surface area contributed by atoms with Gasteiger partial charge in [-0.05, 0) is 39.9 Å². The molecule has 0 radical (unpaired) electrons. The van der Waals surface area contributed by atoms with Crippen LogP contribution in [0.25, 0.3) is 11.1 Å². The summed E-state index contributed by atoms with van der Waals surface area (Å²) in [5.41, 5.74) is 4.63. The minimum absolute atomic E-state index is 0.0136. The highest BCUT2D eigenvalue weighted by atomic mass is 16.6. The van der Waals surface area contributed by atoms with Gasteiger partial charge in [-0.25, -0.2) is 4.79 Å². The van der Waals surface area contributed by atoms with Crippen LogP contribution in [0, 0.1) is 11.3 Å².